The first kappa shape index (κ1) is 21.7. The number of rotatable bonds is 7. The minimum atomic E-state index is -1.06. The number of likely N-dealkylation sites (tertiary alicyclic amines) is 1. The molecule has 7 heteroatoms. The second kappa shape index (κ2) is 9.57. The lowest BCUT2D eigenvalue weighted by molar-refractivity contribution is -0.140. The largest absolute Gasteiger partial charge is 0.483 e. The predicted octanol–water partition coefficient (Wildman–Crippen LogP) is 2.53. The number of nitrogens with zero attached hydrogens (tertiary/aromatic N) is 1. The molecule has 1 atom stereocenters. The van der Waals surface area contributed by atoms with Gasteiger partial charge in [0.25, 0.3) is 11.8 Å². The molecular weight excluding hydrogens is 360 g/mol. The highest BCUT2D eigenvalue weighted by atomic mass is 16.5. The monoisotopic (exact) mass is 390 g/mol. The second-order valence-electron chi connectivity index (χ2n) is 7.70. The van der Waals surface area contributed by atoms with Gasteiger partial charge >= 0.3 is 5.97 Å². The molecule has 0 spiro atoms. The maximum Gasteiger partial charge on any atom is 0.326 e. The smallest absolute Gasteiger partial charge is 0.326 e. The predicted molar refractivity (Wildman–Crippen MR) is 106 cm³/mol. The maximum absolute atomic E-state index is 12.5. The Kier molecular flexibility index (Phi) is 7.43. The van der Waals surface area contributed by atoms with Gasteiger partial charge in [0.15, 0.2) is 6.61 Å². The average molecular weight is 390 g/mol. The van der Waals surface area contributed by atoms with Crippen molar-refractivity contribution in [3.8, 4) is 5.75 Å². The number of aliphatic carboxylic acids is 1. The molecule has 2 N–H and O–H groups in total. The number of hydrogen-bond acceptors (Lipinski definition) is 4. The lowest BCUT2D eigenvalue weighted by Crippen LogP contribution is -2.44. The number of benzene rings is 1. The summed E-state index contributed by atoms with van der Waals surface area (Å²) in [5.74, 6) is -1.18. The Balaban J connectivity index is 2.06. The van der Waals surface area contributed by atoms with Gasteiger partial charge in [-0.15, -0.1) is 0 Å². The minimum absolute atomic E-state index is 0.0261. The number of carbonyl (C=O) groups is 3. The highest BCUT2D eigenvalue weighted by molar-refractivity contribution is 5.97. The third-order valence-electron chi connectivity index (χ3n) is 4.99. The zero-order valence-corrected chi connectivity index (χ0v) is 17.1. The molecule has 0 aliphatic carbocycles. The second-order valence-corrected chi connectivity index (χ2v) is 7.70. The maximum atomic E-state index is 12.5. The van der Waals surface area contributed by atoms with Crippen LogP contribution in [0.2, 0.25) is 0 Å². The van der Waals surface area contributed by atoms with Gasteiger partial charge in [-0.2, -0.15) is 0 Å². The number of piperidine rings is 1. The van der Waals surface area contributed by atoms with Crippen molar-refractivity contribution in [2.24, 2.45) is 5.92 Å². The standard InChI is InChI=1S/C21H30N2O5/c1-13(2)18(21(26)27)22-20(25)16-10-14(3)19(15(4)11-16)28-12-17(24)23-8-6-5-7-9-23/h10-11,13,18H,5-9,12H2,1-4H3,(H,22,25)(H,26,27)/t18-/m1/s1. The normalized spacial score (nSPS) is 15.2. The molecule has 2 rings (SSSR count). The van der Waals surface area contributed by atoms with E-state index in [-0.39, 0.29) is 18.4 Å². The van der Waals surface area contributed by atoms with Crippen LogP contribution in [0.5, 0.6) is 5.75 Å². The van der Waals surface area contributed by atoms with E-state index in [1.165, 1.54) is 0 Å². The topological polar surface area (TPSA) is 95.9 Å². The number of amides is 2. The van der Waals surface area contributed by atoms with Crippen LogP contribution in [0.25, 0.3) is 0 Å². The fourth-order valence-electron chi connectivity index (χ4n) is 3.42. The van der Waals surface area contributed by atoms with Crippen molar-refractivity contribution < 1.29 is 24.2 Å². The molecule has 1 fully saturated rings. The molecule has 28 heavy (non-hydrogen) atoms. The SMILES string of the molecule is Cc1cc(C(=O)N[C@@H](C(=O)O)C(C)C)cc(C)c1OCC(=O)N1CCCCC1. The van der Waals surface area contributed by atoms with E-state index in [0.717, 1.165) is 43.5 Å². The molecule has 1 heterocycles. The molecule has 7 nitrogen and oxygen atoms in total. The first-order valence-electron chi connectivity index (χ1n) is 9.76. The van der Waals surface area contributed by atoms with E-state index in [2.05, 4.69) is 5.32 Å². The Labute approximate surface area is 166 Å². The van der Waals surface area contributed by atoms with Gasteiger partial charge in [0, 0.05) is 18.7 Å². The lowest BCUT2D eigenvalue weighted by Gasteiger charge is -2.27. The molecule has 1 aromatic carbocycles. The van der Waals surface area contributed by atoms with Crippen molar-refractivity contribution in [3.63, 3.8) is 0 Å². The van der Waals surface area contributed by atoms with Crippen LogP contribution in [-0.2, 0) is 9.59 Å². The number of aryl methyl sites for hydroxylation is 2. The molecule has 0 unspecified atom stereocenters. The van der Waals surface area contributed by atoms with E-state index in [9.17, 15) is 19.5 Å². The van der Waals surface area contributed by atoms with Crippen molar-refractivity contribution in [3.05, 3.63) is 28.8 Å². The number of nitrogens with one attached hydrogen (secondary N) is 1. The summed E-state index contributed by atoms with van der Waals surface area (Å²) in [5.41, 5.74) is 1.83. The summed E-state index contributed by atoms with van der Waals surface area (Å²) in [5, 5.41) is 11.8. The van der Waals surface area contributed by atoms with Gasteiger partial charge in [-0.1, -0.05) is 13.8 Å². The first-order chi connectivity index (χ1) is 13.2. The Hall–Kier alpha value is -2.57. The van der Waals surface area contributed by atoms with Crippen LogP contribution in [0.4, 0.5) is 0 Å². The molecule has 2 amide bonds. The zero-order chi connectivity index (χ0) is 20.8. The van der Waals surface area contributed by atoms with Crippen LogP contribution in [-0.4, -0.2) is 53.5 Å². The highest BCUT2D eigenvalue weighted by Gasteiger charge is 2.24. The summed E-state index contributed by atoms with van der Waals surface area (Å²) < 4.78 is 5.76. The summed E-state index contributed by atoms with van der Waals surface area (Å²) in [7, 11) is 0. The first-order valence-corrected chi connectivity index (χ1v) is 9.76. The Morgan fingerprint density at radius 2 is 1.68 bits per heavy atom. The number of carboxylic acids is 1. The summed E-state index contributed by atoms with van der Waals surface area (Å²) >= 11 is 0. The van der Waals surface area contributed by atoms with Crippen molar-refractivity contribution in [2.75, 3.05) is 19.7 Å². The molecule has 1 aliphatic heterocycles. The van der Waals surface area contributed by atoms with Crippen LogP contribution in [0, 0.1) is 19.8 Å². The van der Waals surface area contributed by atoms with Gasteiger partial charge < -0.3 is 20.1 Å². The number of carboxylic acid groups (broad SMARTS) is 1. The van der Waals surface area contributed by atoms with Crippen LogP contribution in [0.15, 0.2) is 12.1 Å². The van der Waals surface area contributed by atoms with E-state index in [1.807, 2.05) is 18.7 Å². The lowest BCUT2D eigenvalue weighted by atomic mass is 10.0. The fourth-order valence-corrected chi connectivity index (χ4v) is 3.42. The molecule has 1 aliphatic rings. The third kappa shape index (κ3) is 5.47. The highest BCUT2D eigenvalue weighted by Crippen LogP contribution is 2.25. The molecule has 0 saturated carbocycles. The van der Waals surface area contributed by atoms with Gasteiger partial charge in [0.1, 0.15) is 11.8 Å². The summed E-state index contributed by atoms with van der Waals surface area (Å²) in [6, 6.07) is 2.36. The molecule has 1 aromatic rings. The van der Waals surface area contributed by atoms with Gasteiger partial charge in [0.05, 0.1) is 0 Å². The molecule has 154 valence electrons. The Bertz CT molecular complexity index is 715. The average Bonchev–Trinajstić information content (AvgIpc) is 2.65. The molecular formula is C21H30N2O5. The van der Waals surface area contributed by atoms with Crippen LogP contribution >= 0.6 is 0 Å². The van der Waals surface area contributed by atoms with Gasteiger partial charge in [-0.05, 0) is 62.3 Å². The van der Waals surface area contributed by atoms with Crippen molar-refractivity contribution in [2.45, 2.75) is 53.0 Å². The van der Waals surface area contributed by atoms with E-state index < -0.39 is 17.9 Å². The van der Waals surface area contributed by atoms with Crippen molar-refractivity contribution >= 4 is 17.8 Å². The summed E-state index contributed by atoms with van der Waals surface area (Å²) in [6.45, 7) is 8.63. The van der Waals surface area contributed by atoms with E-state index in [1.54, 1.807) is 26.0 Å². The zero-order valence-electron chi connectivity index (χ0n) is 17.1. The van der Waals surface area contributed by atoms with Crippen molar-refractivity contribution in [1.29, 1.82) is 0 Å². The summed E-state index contributed by atoms with van der Waals surface area (Å²) in [6.07, 6.45) is 3.22. The van der Waals surface area contributed by atoms with Crippen molar-refractivity contribution in [1.82, 2.24) is 10.2 Å². The summed E-state index contributed by atoms with van der Waals surface area (Å²) in [4.78, 5) is 37.9. The van der Waals surface area contributed by atoms with Gasteiger partial charge in [-0.25, -0.2) is 4.79 Å². The van der Waals surface area contributed by atoms with E-state index in [4.69, 9.17) is 4.74 Å². The van der Waals surface area contributed by atoms with E-state index >= 15 is 0 Å². The number of carbonyl (C=O) groups excluding carboxylic acids is 2. The Morgan fingerprint density at radius 1 is 1.11 bits per heavy atom. The van der Waals surface area contributed by atoms with Crippen LogP contribution < -0.4 is 10.1 Å². The third-order valence-corrected chi connectivity index (χ3v) is 4.99. The molecule has 0 bridgehead atoms. The van der Waals surface area contributed by atoms with E-state index in [0.29, 0.717) is 11.3 Å². The number of ether oxygens (including phenoxy) is 1. The Morgan fingerprint density at radius 3 is 2.18 bits per heavy atom. The van der Waals surface area contributed by atoms with Crippen LogP contribution in [0.3, 0.4) is 0 Å². The minimum Gasteiger partial charge on any atom is -0.483 e. The molecule has 1 saturated heterocycles. The van der Waals surface area contributed by atoms with Gasteiger partial charge in [-0.3, -0.25) is 9.59 Å². The van der Waals surface area contributed by atoms with Gasteiger partial charge in [0.2, 0.25) is 0 Å². The fraction of sp³-hybridized carbons (Fsp3) is 0.571. The molecule has 0 aromatic heterocycles. The quantitative estimate of drug-likeness (QED) is 0.746. The molecule has 0 radical (unpaired) electrons. The van der Waals surface area contributed by atoms with Crippen LogP contribution in [0.1, 0.15) is 54.6 Å². The number of hydrogen-bond donors (Lipinski definition) is 2.